The summed E-state index contributed by atoms with van der Waals surface area (Å²) >= 11 is 0. The predicted molar refractivity (Wildman–Crippen MR) is 131 cm³/mol. The minimum atomic E-state index is -0.607. The van der Waals surface area contributed by atoms with Gasteiger partial charge in [-0.05, 0) is 58.1 Å². The Bertz CT molecular complexity index is 998. The highest BCUT2D eigenvalue weighted by molar-refractivity contribution is 5.91. The Kier molecular flexibility index (Phi) is 7.01. The Hall–Kier alpha value is -2.50. The van der Waals surface area contributed by atoms with E-state index < -0.39 is 17.7 Å². The van der Waals surface area contributed by atoms with E-state index in [2.05, 4.69) is 35.8 Å². The van der Waals surface area contributed by atoms with E-state index in [9.17, 15) is 9.59 Å². The first-order chi connectivity index (χ1) is 15.8. The number of piperidine rings is 1. The minimum Gasteiger partial charge on any atom is -0.444 e. The highest BCUT2D eigenvalue weighted by atomic mass is 16.6. The molecule has 0 aliphatic carbocycles. The lowest BCUT2D eigenvalue weighted by Crippen LogP contribution is -2.55. The number of hydrogen-bond donors (Lipinski definition) is 0. The van der Waals surface area contributed by atoms with E-state index in [1.165, 1.54) is 29.3 Å². The lowest BCUT2D eigenvalue weighted by Gasteiger charge is -2.39. The molecule has 2 aromatic rings. The summed E-state index contributed by atoms with van der Waals surface area (Å²) in [7, 11) is 0. The smallest absolute Gasteiger partial charge is 0.411 e. The molecule has 4 rings (SSSR count). The van der Waals surface area contributed by atoms with Gasteiger partial charge in [0.05, 0.1) is 6.54 Å². The summed E-state index contributed by atoms with van der Waals surface area (Å²) in [5.74, 6) is 0.0639. The van der Waals surface area contributed by atoms with Gasteiger partial charge < -0.3 is 14.2 Å². The molecule has 3 heterocycles. The number of unbranched alkanes of at least 4 members (excludes halogenated alkanes) is 2. The van der Waals surface area contributed by atoms with Crippen molar-refractivity contribution in [1.82, 2.24) is 14.4 Å². The van der Waals surface area contributed by atoms with Crippen molar-refractivity contribution in [1.29, 1.82) is 0 Å². The first-order valence-corrected chi connectivity index (χ1v) is 12.7. The molecule has 0 spiro atoms. The molecule has 1 aromatic heterocycles. The van der Waals surface area contributed by atoms with Gasteiger partial charge in [0.25, 0.3) is 0 Å². The molecule has 2 aliphatic rings. The average molecular weight is 454 g/mol. The quantitative estimate of drug-likeness (QED) is 0.561. The van der Waals surface area contributed by atoms with Gasteiger partial charge in [-0.2, -0.15) is 0 Å². The lowest BCUT2D eigenvalue weighted by atomic mass is 9.95. The minimum absolute atomic E-state index is 0.0639. The van der Waals surface area contributed by atoms with Gasteiger partial charge >= 0.3 is 6.09 Å². The molecule has 180 valence electrons. The second-order valence-corrected chi connectivity index (χ2v) is 10.5. The topological polar surface area (TPSA) is 54.8 Å². The van der Waals surface area contributed by atoms with Crippen LogP contribution in [0.4, 0.5) is 4.79 Å². The van der Waals surface area contributed by atoms with Crippen LogP contribution >= 0.6 is 0 Å². The Balaban J connectivity index is 1.73. The van der Waals surface area contributed by atoms with E-state index >= 15 is 0 Å². The van der Waals surface area contributed by atoms with Crippen molar-refractivity contribution in [2.75, 3.05) is 13.1 Å². The molecule has 0 radical (unpaired) electrons. The highest BCUT2D eigenvalue weighted by Gasteiger charge is 2.41. The maximum Gasteiger partial charge on any atom is 0.411 e. The van der Waals surface area contributed by atoms with Crippen molar-refractivity contribution in [3.63, 3.8) is 0 Å². The van der Waals surface area contributed by atoms with Crippen molar-refractivity contribution in [3.05, 3.63) is 35.5 Å². The number of hydrogen-bond acceptors (Lipinski definition) is 3. The van der Waals surface area contributed by atoms with E-state index in [1.807, 2.05) is 25.7 Å². The Morgan fingerprint density at radius 2 is 1.79 bits per heavy atom. The zero-order valence-electron chi connectivity index (χ0n) is 20.7. The van der Waals surface area contributed by atoms with Crippen LogP contribution in [-0.2, 0) is 29.0 Å². The van der Waals surface area contributed by atoms with Crippen LogP contribution in [0.1, 0.15) is 77.5 Å². The molecule has 1 saturated heterocycles. The van der Waals surface area contributed by atoms with Crippen molar-refractivity contribution in [2.45, 2.75) is 97.4 Å². The number of nitrogens with zero attached hydrogens (tertiary/aromatic N) is 3. The second-order valence-electron chi connectivity index (χ2n) is 10.5. The van der Waals surface area contributed by atoms with E-state index in [0.29, 0.717) is 13.0 Å². The first-order valence-electron chi connectivity index (χ1n) is 12.7. The number of carbonyl (C=O) groups excluding carboxylic acids is 2. The van der Waals surface area contributed by atoms with Gasteiger partial charge in [-0.1, -0.05) is 38.0 Å². The van der Waals surface area contributed by atoms with E-state index in [0.717, 1.165) is 51.0 Å². The number of amides is 2. The van der Waals surface area contributed by atoms with Gasteiger partial charge in [0, 0.05) is 42.7 Å². The molecular formula is C27H39N3O3. The number of benzene rings is 1. The predicted octanol–water partition coefficient (Wildman–Crippen LogP) is 5.51. The van der Waals surface area contributed by atoms with Crippen LogP contribution in [0.5, 0.6) is 0 Å². The largest absolute Gasteiger partial charge is 0.444 e. The molecule has 6 heteroatoms. The maximum atomic E-state index is 13.7. The number of aryl methyl sites for hydroxylation is 1. The number of likely N-dealkylation sites (tertiary alicyclic amines) is 1. The molecule has 2 amide bonds. The third kappa shape index (κ3) is 5.04. The summed E-state index contributed by atoms with van der Waals surface area (Å²) in [5.41, 5.74) is 2.97. The van der Waals surface area contributed by atoms with Crippen molar-refractivity contribution in [3.8, 4) is 0 Å². The van der Waals surface area contributed by atoms with Gasteiger partial charge in [-0.15, -0.1) is 0 Å². The van der Waals surface area contributed by atoms with Crippen molar-refractivity contribution < 1.29 is 14.3 Å². The monoisotopic (exact) mass is 453 g/mol. The highest BCUT2D eigenvalue weighted by Crippen LogP contribution is 2.35. The fourth-order valence-electron chi connectivity index (χ4n) is 5.24. The van der Waals surface area contributed by atoms with Gasteiger partial charge in [-0.25, -0.2) is 4.79 Å². The summed E-state index contributed by atoms with van der Waals surface area (Å²) in [6, 6.07) is 7.96. The molecule has 1 atom stereocenters. The number of carbonyl (C=O) groups is 2. The van der Waals surface area contributed by atoms with E-state index in [1.54, 1.807) is 4.90 Å². The van der Waals surface area contributed by atoms with Gasteiger partial charge in [0.15, 0.2) is 0 Å². The number of ether oxygens (including phenoxy) is 1. The summed E-state index contributed by atoms with van der Waals surface area (Å²) in [5, 5.41) is 1.21. The first kappa shape index (κ1) is 23.7. The van der Waals surface area contributed by atoms with Gasteiger partial charge in [0.1, 0.15) is 11.6 Å². The van der Waals surface area contributed by atoms with Gasteiger partial charge in [-0.3, -0.25) is 9.69 Å². The number of rotatable bonds is 5. The van der Waals surface area contributed by atoms with E-state index in [4.69, 9.17) is 4.74 Å². The van der Waals surface area contributed by atoms with Crippen LogP contribution in [-0.4, -0.2) is 51.1 Å². The Morgan fingerprint density at radius 3 is 2.48 bits per heavy atom. The SMILES string of the molecule is CCCCCn1c2c(c3ccccc31)C[C@@H](C(=O)N1CCCCC1)N(C(=O)OC(C)(C)C)C2. The lowest BCUT2D eigenvalue weighted by molar-refractivity contribution is -0.138. The molecule has 6 nitrogen and oxygen atoms in total. The Labute approximate surface area is 197 Å². The summed E-state index contributed by atoms with van der Waals surface area (Å²) < 4.78 is 8.15. The van der Waals surface area contributed by atoms with Crippen LogP contribution < -0.4 is 0 Å². The van der Waals surface area contributed by atoms with Crippen LogP contribution in [0.2, 0.25) is 0 Å². The molecule has 2 aliphatic heterocycles. The zero-order valence-corrected chi connectivity index (χ0v) is 20.7. The second kappa shape index (κ2) is 9.78. The average Bonchev–Trinajstić information content (AvgIpc) is 3.10. The summed E-state index contributed by atoms with van der Waals surface area (Å²) in [6.45, 7) is 10.7. The molecule has 0 bridgehead atoms. The molecule has 1 aromatic carbocycles. The fourth-order valence-corrected chi connectivity index (χ4v) is 5.24. The van der Waals surface area contributed by atoms with Crippen LogP contribution in [0.15, 0.2) is 24.3 Å². The molecule has 33 heavy (non-hydrogen) atoms. The summed E-state index contributed by atoms with van der Waals surface area (Å²) in [4.78, 5) is 30.6. The normalized spacial score (nSPS) is 19.0. The molecule has 0 saturated carbocycles. The maximum absolute atomic E-state index is 13.7. The van der Waals surface area contributed by atoms with Crippen molar-refractivity contribution in [2.24, 2.45) is 0 Å². The zero-order chi connectivity index (χ0) is 23.6. The van der Waals surface area contributed by atoms with Crippen LogP contribution in [0.25, 0.3) is 10.9 Å². The molecule has 1 fully saturated rings. The fraction of sp³-hybridized carbons (Fsp3) is 0.630. The van der Waals surface area contributed by atoms with Crippen molar-refractivity contribution >= 4 is 22.9 Å². The third-order valence-corrected chi connectivity index (χ3v) is 6.85. The number of para-hydroxylation sites is 1. The third-order valence-electron chi connectivity index (χ3n) is 6.85. The van der Waals surface area contributed by atoms with E-state index in [-0.39, 0.29) is 5.91 Å². The summed E-state index contributed by atoms with van der Waals surface area (Å²) in [6.07, 6.45) is 6.83. The molecule has 0 N–H and O–H groups in total. The molecule has 0 unspecified atom stereocenters. The number of aromatic nitrogens is 1. The van der Waals surface area contributed by atoms with Crippen LogP contribution in [0.3, 0.4) is 0 Å². The number of fused-ring (bicyclic) bond motifs is 3. The van der Waals surface area contributed by atoms with Gasteiger partial charge in [0.2, 0.25) is 5.91 Å². The standard InChI is InChI=1S/C27H39N3O3/c1-5-6-10-17-29-22-14-9-8-13-20(22)21-18-23(25(31)28-15-11-7-12-16-28)30(19-24(21)29)26(32)33-27(2,3)4/h8-9,13-14,23H,5-7,10-12,15-19H2,1-4H3/t23-/m0/s1. The van der Waals surface area contributed by atoms with Crippen LogP contribution in [0, 0.1) is 0 Å². The molecular weight excluding hydrogens is 414 g/mol. The Morgan fingerprint density at radius 1 is 1.06 bits per heavy atom.